The smallest absolute Gasteiger partial charge is 0.408 e. The Morgan fingerprint density at radius 1 is 1.28 bits per heavy atom. The normalized spacial score (nSPS) is 11.4. The van der Waals surface area contributed by atoms with Crippen molar-refractivity contribution in [2.75, 3.05) is 7.11 Å². The predicted octanol–water partition coefficient (Wildman–Crippen LogP) is 1.86. The van der Waals surface area contributed by atoms with Crippen LogP contribution in [0.4, 0.5) is 4.79 Å². The van der Waals surface area contributed by atoms with Gasteiger partial charge < -0.3 is 14.8 Å². The molecule has 0 radical (unpaired) electrons. The molecule has 1 amide bonds. The molecule has 1 rings (SSSR count). The van der Waals surface area contributed by atoms with E-state index < -0.39 is 18.1 Å². The quantitative estimate of drug-likeness (QED) is 0.811. The van der Waals surface area contributed by atoms with Crippen LogP contribution in [0.5, 0.6) is 0 Å². The van der Waals surface area contributed by atoms with Crippen LogP contribution >= 0.6 is 0 Å². The number of esters is 1. The number of amides is 1. The highest BCUT2D eigenvalue weighted by molar-refractivity contribution is 5.81. The maximum Gasteiger partial charge on any atom is 0.408 e. The van der Waals surface area contributed by atoms with Crippen LogP contribution in [0.25, 0.3) is 0 Å². The van der Waals surface area contributed by atoms with Gasteiger partial charge in [-0.15, -0.1) is 0 Å². The molecule has 1 aromatic carbocycles. The van der Waals surface area contributed by atoms with Gasteiger partial charge in [0.05, 0.1) is 7.11 Å². The minimum Gasteiger partial charge on any atom is -0.467 e. The molecule has 0 heterocycles. The van der Waals surface area contributed by atoms with Gasteiger partial charge in [-0.25, -0.2) is 9.59 Å². The Bertz CT molecular complexity index is 391. The van der Waals surface area contributed by atoms with Gasteiger partial charge in [0.25, 0.3) is 0 Å². The van der Waals surface area contributed by atoms with E-state index in [2.05, 4.69) is 10.1 Å². The third kappa shape index (κ3) is 4.45. The molecule has 1 aromatic rings. The van der Waals surface area contributed by atoms with Crippen molar-refractivity contribution in [1.29, 1.82) is 0 Å². The van der Waals surface area contributed by atoms with Gasteiger partial charge in [-0.05, 0) is 12.0 Å². The van der Waals surface area contributed by atoms with Crippen LogP contribution in [0.3, 0.4) is 0 Å². The zero-order valence-corrected chi connectivity index (χ0v) is 10.5. The molecular formula is C13H17NO4. The molecule has 0 aliphatic rings. The van der Waals surface area contributed by atoms with Crippen molar-refractivity contribution in [3.05, 3.63) is 35.9 Å². The van der Waals surface area contributed by atoms with Crippen molar-refractivity contribution in [3.63, 3.8) is 0 Å². The Hall–Kier alpha value is -2.04. The summed E-state index contributed by atoms with van der Waals surface area (Å²) in [6, 6.07) is 8.64. The van der Waals surface area contributed by atoms with Crippen molar-refractivity contribution in [3.8, 4) is 0 Å². The number of nitrogens with one attached hydrogen (secondary N) is 1. The largest absolute Gasteiger partial charge is 0.467 e. The Morgan fingerprint density at radius 2 is 1.94 bits per heavy atom. The van der Waals surface area contributed by atoms with E-state index in [4.69, 9.17) is 4.74 Å². The average molecular weight is 251 g/mol. The van der Waals surface area contributed by atoms with Crippen LogP contribution < -0.4 is 5.32 Å². The highest BCUT2D eigenvalue weighted by Gasteiger charge is 2.19. The van der Waals surface area contributed by atoms with E-state index in [0.717, 1.165) is 5.56 Å². The third-order valence-corrected chi connectivity index (χ3v) is 2.40. The predicted molar refractivity (Wildman–Crippen MR) is 65.9 cm³/mol. The summed E-state index contributed by atoms with van der Waals surface area (Å²) in [5, 5.41) is 2.45. The molecule has 5 heteroatoms. The molecular weight excluding hydrogens is 234 g/mol. The number of methoxy groups -OCH3 is 1. The number of benzene rings is 1. The summed E-state index contributed by atoms with van der Waals surface area (Å²) in [5.41, 5.74) is 0.888. The summed E-state index contributed by atoms with van der Waals surface area (Å²) in [4.78, 5) is 22.7. The lowest BCUT2D eigenvalue weighted by atomic mass is 10.2. The Kier molecular flexibility index (Phi) is 5.70. The molecule has 98 valence electrons. The summed E-state index contributed by atoms with van der Waals surface area (Å²) in [5.74, 6) is -0.478. The molecule has 0 aliphatic carbocycles. The maximum atomic E-state index is 11.5. The minimum absolute atomic E-state index is 0.171. The second kappa shape index (κ2) is 7.32. The molecule has 18 heavy (non-hydrogen) atoms. The highest BCUT2D eigenvalue weighted by Crippen LogP contribution is 2.01. The molecule has 0 saturated carbocycles. The summed E-state index contributed by atoms with van der Waals surface area (Å²) in [7, 11) is 1.28. The zero-order chi connectivity index (χ0) is 13.4. The average Bonchev–Trinajstić information content (AvgIpc) is 2.42. The maximum absolute atomic E-state index is 11.5. The van der Waals surface area contributed by atoms with Gasteiger partial charge in [-0.1, -0.05) is 37.3 Å². The first-order valence-electron chi connectivity index (χ1n) is 5.72. The fourth-order valence-corrected chi connectivity index (χ4v) is 1.38. The molecule has 5 nitrogen and oxygen atoms in total. The second-order valence-corrected chi connectivity index (χ2v) is 3.69. The second-order valence-electron chi connectivity index (χ2n) is 3.69. The Morgan fingerprint density at radius 3 is 2.50 bits per heavy atom. The Labute approximate surface area is 106 Å². The summed E-state index contributed by atoms with van der Waals surface area (Å²) < 4.78 is 9.55. The fourth-order valence-electron chi connectivity index (χ4n) is 1.38. The van der Waals surface area contributed by atoms with Crippen molar-refractivity contribution in [1.82, 2.24) is 5.32 Å². The number of hydrogen-bond donors (Lipinski definition) is 1. The van der Waals surface area contributed by atoms with E-state index in [1.54, 1.807) is 6.92 Å². The van der Waals surface area contributed by atoms with Gasteiger partial charge in [0.15, 0.2) is 0 Å². The van der Waals surface area contributed by atoms with Crippen LogP contribution in [0.1, 0.15) is 18.9 Å². The molecule has 0 spiro atoms. The van der Waals surface area contributed by atoms with Gasteiger partial charge >= 0.3 is 12.1 Å². The highest BCUT2D eigenvalue weighted by atomic mass is 16.6. The summed E-state index contributed by atoms with van der Waals surface area (Å²) in [6.07, 6.45) is -0.177. The number of carbonyl (C=O) groups is 2. The van der Waals surface area contributed by atoms with E-state index in [-0.39, 0.29) is 6.61 Å². The van der Waals surface area contributed by atoms with Gasteiger partial charge in [0.2, 0.25) is 0 Å². The first-order valence-corrected chi connectivity index (χ1v) is 5.72. The first kappa shape index (κ1) is 14.0. The summed E-state index contributed by atoms with van der Waals surface area (Å²) >= 11 is 0. The van der Waals surface area contributed by atoms with Crippen LogP contribution in [0, 0.1) is 0 Å². The van der Waals surface area contributed by atoms with Crippen LogP contribution in [0.15, 0.2) is 30.3 Å². The van der Waals surface area contributed by atoms with Crippen molar-refractivity contribution < 1.29 is 19.1 Å². The van der Waals surface area contributed by atoms with Crippen molar-refractivity contribution in [2.45, 2.75) is 26.0 Å². The summed E-state index contributed by atoms with van der Waals surface area (Å²) in [6.45, 7) is 1.95. The standard InChI is InChI=1S/C13H17NO4/c1-3-11(12(15)17-2)14-13(16)18-9-10-7-5-4-6-8-10/h4-8,11H,3,9H2,1-2H3,(H,14,16). The SMILES string of the molecule is CCC(NC(=O)OCc1ccccc1)C(=O)OC. The van der Waals surface area contributed by atoms with E-state index >= 15 is 0 Å². The topological polar surface area (TPSA) is 64.6 Å². The number of rotatable bonds is 5. The molecule has 0 saturated heterocycles. The van der Waals surface area contributed by atoms with E-state index in [1.807, 2.05) is 30.3 Å². The zero-order valence-electron chi connectivity index (χ0n) is 10.5. The third-order valence-electron chi connectivity index (χ3n) is 2.40. The van der Waals surface area contributed by atoms with Crippen LogP contribution in [-0.2, 0) is 20.9 Å². The van der Waals surface area contributed by atoms with E-state index in [9.17, 15) is 9.59 Å². The molecule has 0 fully saturated rings. The molecule has 0 aromatic heterocycles. The van der Waals surface area contributed by atoms with Crippen LogP contribution in [0.2, 0.25) is 0 Å². The molecule has 1 N–H and O–H groups in total. The van der Waals surface area contributed by atoms with Gasteiger partial charge in [0, 0.05) is 0 Å². The Balaban J connectivity index is 2.39. The van der Waals surface area contributed by atoms with Crippen molar-refractivity contribution >= 4 is 12.1 Å². The van der Waals surface area contributed by atoms with Gasteiger partial charge in [0.1, 0.15) is 12.6 Å². The van der Waals surface area contributed by atoms with Gasteiger partial charge in [-0.2, -0.15) is 0 Å². The van der Waals surface area contributed by atoms with E-state index in [0.29, 0.717) is 6.42 Å². The lowest BCUT2D eigenvalue weighted by Gasteiger charge is -2.14. The van der Waals surface area contributed by atoms with Crippen LogP contribution in [-0.4, -0.2) is 25.2 Å². The number of carbonyl (C=O) groups excluding carboxylic acids is 2. The minimum atomic E-state index is -0.668. The van der Waals surface area contributed by atoms with Crippen molar-refractivity contribution in [2.24, 2.45) is 0 Å². The van der Waals surface area contributed by atoms with Gasteiger partial charge in [-0.3, -0.25) is 0 Å². The molecule has 1 atom stereocenters. The fraction of sp³-hybridized carbons (Fsp3) is 0.385. The monoisotopic (exact) mass is 251 g/mol. The lowest BCUT2D eigenvalue weighted by molar-refractivity contribution is -0.143. The number of ether oxygens (including phenoxy) is 2. The molecule has 1 unspecified atom stereocenters. The number of alkyl carbamates (subject to hydrolysis) is 1. The molecule has 0 bridgehead atoms. The first-order chi connectivity index (χ1) is 8.67. The number of hydrogen-bond acceptors (Lipinski definition) is 4. The lowest BCUT2D eigenvalue weighted by Crippen LogP contribution is -2.41. The van der Waals surface area contributed by atoms with E-state index in [1.165, 1.54) is 7.11 Å². The molecule has 0 aliphatic heterocycles.